The fraction of sp³-hybridized carbons (Fsp3) is 0.833. The maximum atomic E-state index is 11.9. The van der Waals surface area contributed by atoms with Crippen molar-refractivity contribution in [1.29, 1.82) is 0 Å². The van der Waals surface area contributed by atoms with Crippen LogP contribution in [0.5, 0.6) is 0 Å². The van der Waals surface area contributed by atoms with Crippen LogP contribution in [0.3, 0.4) is 0 Å². The number of alkyl halides is 3. The largest absolute Gasteiger partial charge is 0.413 e. The maximum Gasteiger partial charge on any atom is 0.413 e. The minimum atomic E-state index is -4.27. The summed E-state index contributed by atoms with van der Waals surface area (Å²) in [4.78, 5) is 6.75. The Labute approximate surface area is 106 Å². The zero-order chi connectivity index (χ0) is 13.6. The zero-order valence-corrected chi connectivity index (χ0v) is 10.9. The molecule has 0 aliphatic carbocycles. The highest BCUT2D eigenvalue weighted by atomic mass is 19.4. The van der Waals surface area contributed by atoms with Crippen molar-refractivity contribution < 1.29 is 18.0 Å². The number of hydroxylamine groups is 1. The van der Waals surface area contributed by atoms with Gasteiger partial charge in [-0.15, -0.1) is 0 Å². The van der Waals surface area contributed by atoms with Gasteiger partial charge in [0.05, 0.1) is 0 Å². The Hall–Kier alpha value is -0.590. The molecule has 0 radical (unpaired) electrons. The standard InChI is InChI=1S/C12H21F3N2O/c1-10(2)3-6-17-7-4-11(5-8-17)16-18-9-12(13,14)15/h3,11,16H,4-9H2,1-2H3. The van der Waals surface area contributed by atoms with Gasteiger partial charge in [0.25, 0.3) is 0 Å². The van der Waals surface area contributed by atoms with E-state index < -0.39 is 12.8 Å². The highest BCUT2D eigenvalue weighted by molar-refractivity contribution is 4.95. The summed E-state index contributed by atoms with van der Waals surface area (Å²) < 4.78 is 35.6. The molecule has 0 aromatic carbocycles. The van der Waals surface area contributed by atoms with E-state index in [0.717, 1.165) is 32.5 Å². The normalized spacial score (nSPS) is 18.9. The number of allylic oxidation sites excluding steroid dienone is 1. The predicted molar refractivity (Wildman–Crippen MR) is 64.0 cm³/mol. The third-order valence-corrected chi connectivity index (χ3v) is 2.83. The molecule has 0 amide bonds. The Morgan fingerprint density at radius 2 is 1.94 bits per heavy atom. The zero-order valence-electron chi connectivity index (χ0n) is 10.9. The molecule has 0 aromatic heterocycles. The molecule has 0 atom stereocenters. The van der Waals surface area contributed by atoms with Gasteiger partial charge in [0.1, 0.15) is 0 Å². The lowest BCUT2D eigenvalue weighted by molar-refractivity contribution is -0.194. The SMILES string of the molecule is CC(C)=CCN1CCC(NOCC(F)(F)F)CC1. The average molecular weight is 266 g/mol. The minimum Gasteiger partial charge on any atom is -0.300 e. The molecule has 0 saturated carbocycles. The fourth-order valence-corrected chi connectivity index (χ4v) is 1.79. The molecule has 6 heteroatoms. The first-order valence-electron chi connectivity index (χ1n) is 6.16. The van der Waals surface area contributed by atoms with Gasteiger partial charge in [0.2, 0.25) is 0 Å². The molecule has 1 aliphatic heterocycles. The summed E-state index contributed by atoms with van der Waals surface area (Å²) in [7, 11) is 0. The predicted octanol–water partition coefficient (Wildman–Crippen LogP) is 2.50. The summed E-state index contributed by atoms with van der Waals surface area (Å²) in [5, 5.41) is 0. The van der Waals surface area contributed by atoms with Gasteiger partial charge in [-0.05, 0) is 26.7 Å². The first-order valence-corrected chi connectivity index (χ1v) is 6.16. The van der Waals surface area contributed by atoms with Crippen molar-refractivity contribution in [3.8, 4) is 0 Å². The van der Waals surface area contributed by atoms with Gasteiger partial charge in [-0.1, -0.05) is 11.6 Å². The lowest BCUT2D eigenvalue weighted by Crippen LogP contribution is -2.43. The Kier molecular flexibility index (Phi) is 6.11. The van der Waals surface area contributed by atoms with Crippen molar-refractivity contribution in [1.82, 2.24) is 10.4 Å². The van der Waals surface area contributed by atoms with E-state index >= 15 is 0 Å². The van der Waals surface area contributed by atoms with Crippen molar-refractivity contribution in [2.24, 2.45) is 0 Å². The van der Waals surface area contributed by atoms with Gasteiger partial charge in [0.15, 0.2) is 6.61 Å². The second-order valence-corrected chi connectivity index (χ2v) is 4.88. The maximum absolute atomic E-state index is 11.9. The lowest BCUT2D eigenvalue weighted by atomic mass is 10.1. The molecule has 1 rings (SSSR count). The van der Waals surface area contributed by atoms with Gasteiger partial charge >= 0.3 is 6.18 Å². The van der Waals surface area contributed by atoms with Crippen molar-refractivity contribution in [3.05, 3.63) is 11.6 Å². The molecule has 1 fully saturated rings. The van der Waals surface area contributed by atoms with Crippen LogP contribution in [0.1, 0.15) is 26.7 Å². The van der Waals surface area contributed by atoms with E-state index in [1.54, 1.807) is 0 Å². The van der Waals surface area contributed by atoms with Crippen LogP contribution >= 0.6 is 0 Å². The number of likely N-dealkylation sites (tertiary alicyclic amines) is 1. The number of rotatable bonds is 5. The first kappa shape index (κ1) is 15.5. The molecule has 0 bridgehead atoms. The second-order valence-electron chi connectivity index (χ2n) is 4.88. The Morgan fingerprint density at radius 1 is 1.33 bits per heavy atom. The Balaban J connectivity index is 2.14. The third-order valence-electron chi connectivity index (χ3n) is 2.83. The first-order chi connectivity index (χ1) is 8.37. The van der Waals surface area contributed by atoms with Gasteiger partial charge < -0.3 is 0 Å². The van der Waals surface area contributed by atoms with E-state index in [9.17, 15) is 13.2 Å². The van der Waals surface area contributed by atoms with Crippen LogP contribution in [0.15, 0.2) is 11.6 Å². The number of hydrogen-bond acceptors (Lipinski definition) is 3. The van der Waals surface area contributed by atoms with Crippen molar-refractivity contribution >= 4 is 0 Å². The fourth-order valence-electron chi connectivity index (χ4n) is 1.79. The van der Waals surface area contributed by atoms with Crippen molar-refractivity contribution in [3.63, 3.8) is 0 Å². The molecule has 0 unspecified atom stereocenters. The smallest absolute Gasteiger partial charge is 0.300 e. The van der Waals surface area contributed by atoms with Crippen LogP contribution in [0.25, 0.3) is 0 Å². The summed E-state index contributed by atoms with van der Waals surface area (Å²) in [5.74, 6) is 0. The van der Waals surface area contributed by atoms with E-state index in [0.29, 0.717) is 0 Å². The molecular formula is C12H21F3N2O. The lowest BCUT2D eigenvalue weighted by Gasteiger charge is -2.31. The Bertz CT molecular complexity index is 267. The topological polar surface area (TPSA) is 24.5 Å². The van der Waals surface area contributed by atoms with Crippen LogP contribution in [-0.4, -0.2) is 43.4 Å². The van der Waals surface area contributed by atoms with Crippen LogP contribution in [0, 0.1) is 0 Å². The van der Waals surface area contributed by atoms with Crippen LogP contribution < -0.4 is 5.48 Å². The highest BCUT2D eigenvalue weighted by Gasteiger charge is 2.28. The monoisotopic (exact) mass is 266 g/mol. The molecule has 1 N–H and O–H groups in total. The number of piperidine rings is 1. The number of halogens is 3. The van der Waals surface area contributed by atoms with Gasteiger partial charge in [-0.2, -0.15) is 18.7 Å². The number of nitrogens with zero attached hydrogens (tertiary/aromatic N) is 1. The molecule has 3 nitrogen and oxygen atoms in total. The van der Waals surface area contributed by atoms with Gasteiger partial charge in [-0.3, -0.25) is 9.74 Å². The summed E-state index contributed by atoms with van der Waals surface area (Å²) in [6.45, 7) is 5.57. The minimum absolute atomic E-state index is 0.0234. The van der Waals surface area contributed by atoms with Gasteiger partial charge in [-0.25, -0.2) is 0 Å². The van der Waals surface area contributed by atoms with E-state index in [1.807, 2.05) is 0 Å². The van der Waals surface area contributed by atoms with E-state index in [1.165, 1.54) is 5.57 Å². The van der Waals surface area contributed by atoms with Crippen molar-refractivity contribution in [2.45, 2.75) is 38.9 Å². The molecule has 0 aromatic rings. The Morgan fingerprint density at radius 3 is 2.44 bits per heavy atom. The van der Waals surface area contributed by atoms with E-state index in [2.05, 4.69) is 35.1 Å². The van der Waals surface area contributed by atoms with Crippen LogP contribution in [0.2, 0.25) is 0 Å². The number of nitrogens with one attached hydrogen (secondary N) is 1. The summed E-state index contributed by atoms with van der Waals surface area (Å²) in [5.41, 5.74) is 3.78. The molecule has 1 aliphatic rings. The van der Waals surface area contributed by atoms with Crippen molar-refractivity contribution in [2.75, 3.05) is 26.2 Å². The van der Waals surface area contributed by atoms with E-state index in [4.69, 9.17) is 0 Å². The highest BCUT2D eigenvalue weighted by Crippen LogP contribution is 2.15. The summed E-state index contributed by atoms with van der Waals surface area (Å²) in [6.07, 6.45) is -0.478. The quantitative estimate of drug-likeness (QED) is 0.611. The van der Waals surface area contributed by atoms with E-state index in [-0.39, 0.29) is 6.04 Å². The third kappa shape index (κ3) is 6.98. The van der Waals surface area contributed by atoms with Crippen LogP contribution in [-0.2, 0) is 4.84 Å². The molecule has 106 valence electrons. The molecule has 18 heavy (non-hydrogen) atoms. The second kappa shape index (κ2) is 7.11. The van der Waals surface area contributed by atoms with Gasteiger partial charge in [0, 0.05) is 25.7 Å². The molecule has 0 spiro atoms. The molecular weight excluding hydrogens is 245 g/mol. The summed E-state index contributed by atoms with van der Waals surface area (Å²) in [6, 6.07) is 0.0234. The average Bonchev–Trinajstić information content (AvgIpc) is 2.26. The number of hydrogen-bond donors (Lipinski definition) is 1. The molecule has 1 heterocycles. The summed E-state index contributed by atoms with van der Waals surface area (Å²) >= 11 is 0. The van der Waals surface area contributed by atoms with Crippen LogP contribution in [0.4, 0.5) is 13.2 Å². The molecule has 1 saturated heterocycles.